The Balaban J connectivity index is 1.56. The number of benzene rings is 1. The Bertz CT molecular complexity index is 976. The second-order valence-electron chi connectivity index (χ2n) is 6.19. The van der Waals surface area contributed by atoms with Gasteiger partial charge >= 0.3 is 0 Å². The quantitative estimate of drug-likeness (QED) is 0.559. The molecular formula is C21H20N2O4S. The van der Waals surface area contributed by atoms with Crippen LogP contribution in [-0.2, 0) is 11.3 Å². The molecule has 0 aliphatic carbocycles. The summed E-state index contributed by atoms with van der Waals surface area (Å²) in [6, 6.07) is 13.9. The number of carbonyl (C=O) groups excluding carboxylic acids is 3. The van der Waals surface area contributed by atoms with Crippen molar-refractivity contribution >= 4 is 34.6 Å². The first-order chi connectivity index (χ1) is 13.5. The number of para-hydroxylation sites is 1. The number of anilines is 1. The van der Waals surface area contributed by atoms with Crippen LogP contribution in [0.4, 0.5) is 5.69 Å². The van der Waals surface area contributed by atoms with E-state index >= 15 is 0 Å². The van der Waals surface area contributed by atoms with Crippen LogP contribution in [-0.4, -0.2) is 17.6 Å². The number of carbonyl (C=O) groups is 3. The van der Waals surface area contributed by atoms with Gasteiger partial charge < -0.3 is 15.1 Å². The molecule has 0 aliphatic heterocycles. The molecule has 2 heterocycles. The molecule has 28 heavy (non-hydrogen) atoms. The van der Waals surface area contributed by atoms with Crippen molar-refractivity contribution in [2.24, 2.45) is 0 Å². The zero-order valence-electron chi connectivity index (χ0n) is 15.4. The summed E-state index contributed by atoms with van der Waals surface area (Å²) in [7, 11) is 0. The zero-order chi connectivity index (χ0) is 19.9. The molecule has 0 spiro atoms. The third-order valence-electron chi connectivity index (χ3n) is 4.04. The topological polar surface area (TPSA) is 88.4 Å². The van der Waals surface area contributed by atoms with Crippen molar-refractivity contribution in [2.45, 2.75) is 26.3 Å². The lowest BCUT2D eigenvalue weighted by molar-refractivity contribution is -0.116. The first kappa shape index (κ1) is 19.6. The summed E-state index contributed by atoms with van der Waals surface area (Å²) in [4.78, 5) is 38.6. The molecular weight excluding hydrogens is 376 g/mol. The van der Waals surface area contributed by atoms with Crippen LogP contribution in [0, 0.1) is 6.92 Å². The average molecular weight is 396 g/mol. The smallest absolute Gasteiger partial charge is 0.253 e. The van der Waals surface area contributed by atoms with Crippen LogP contribution in [0.2, 0.25) is 0 Å². The highest BCUT2D eigenvalue weighted by Crippen LogP contribution is 2.19. The second-order valence-corrected chi connectivity index (χ2v) is 7.48. The predicted octanol–water partition coefficient (Wildman–Crippen LogP) is 4.18. The molecule has 0 radical (unpaired) electrons. The standard InChI is InChI=1S/C21H20N2O4S/c1-14-8-10-19(28-14)18(24)9-11-20(25)23-17-7-3-2-6-16(17)21(26)22-13-15-5-4-12-27-15/h2-8,10,12H,9,11,13H2,1H3,(H,22,26)(H,23,25). The summed E-state index contributed by atoms with van der Waals surface area (Å²) >= 11 is 1.42. The number of ketones is 1. The van der Waals surface area contributed by atoms with Gasteiger partial charge in [0.2, 0.25) is 5.91 Å². The SMILES string of the molecule is Cc1ccc(C(=O)CCC(=O)Nc2ccccc2C(=O)NCc2ccco2)s1. The molecule has 7 heteroatoms. The van der Waals surface area contributed by atoms with Crippen molar-refractivity contribution in [1.29, 1.82) is 0 Å². The van der Waals surface area contributed by atoms with Gasteiger partial charge in [-0.1, -0.05) is 12.1 Å². The summed E-state index contributed by atoms with van der Waals surface area (Å²) in [5.41, 5.74) is 0.756. The molecule has 3 rings (SSSR count). The van der Waals surface area contributed by atoms with Crippen LogP contribution in [0.15, 0.2) is 59.2 Å². The molecule has 0 atom stereocenters. The normalized spacial score (nSPS) is 10.5. The summed E-state index contributed by atoms with van der Waals surface area (Å²) in [6.45, 7) is 2.19. The Morgan fingerprint density at radius 1 is 1.00 bits per heavy atom. The van der Waals surface area contributed by atoms with Gasteiger partial charge in [-0.2, -0.15) is 0 Å². The number of rotatable bonds is 8. The highest BCUT2D eigenvalue weighted by atomic mass is 32.1. The molecule has 3 aromatic rings. The van der Waals surface area contributed by atoms with Gasteiger partial charge in [0.05, 0.1) is 28.9 Å². The molecule has 0 bridgehead atoms. The van der Waals surface area contributed by atoms with E-state index in [0.29, 0.717) is 21.9 Å². The maximum atomic E-state index is 12.4. The van der Waals surface area contributed by atoms with Crippen molar-refractivity contribution < 1.29 is 18.8 Å². The van der Waals surface area contributed by atoms with E-state index < -0.39 is 0 Å². The van der Waals surface area contributed by atoms with Crippen LogP contribution in [0.5, 0.6) is 0 Å². The number of amides is 2. The van der Waals surface area contributed by atoms with Gasteiger partial charge in [0, 0.05) is 17.7 Å². The minimum absolute atomic E-state index is 0.0537. The summed E-state index contributed by atoms with van der Waals surface area (Å²) in [6.07, 6.45) is 1.71. The van der Waals surface area contributed by atoms with Crippen LogP contribution in [0.3, 0.4) is 0 Å². The number of hydrogen-bond acceptors (Lipinski definition) is 5. The van der Waals surface area contributed by atoms with Crippen LogP contribution < -0.4 is 10.6 Å². The van der Waals surface area contributed by atoms with Gasteiger partial charge in [-0.3, -0.25) is 14.4 Å². The van der Waals surface area contributed by atoms with Crippen molar-refractivity contribution in [2.75, 3.05) is 5.32 Å². The van der Waals surface area contributed by atoms with Gasteiger partial charge in [-0.05, 0) is 43.3 Å². The maximum Gasteiger partial charge on any atom is 0.253 e. The van der Waals surface area contributed by atoms with Gasteiger partial charge in [-0.25, -0.2) is 0 Å². The fourth-order valence-corrected chi connectivity index (χ4v) is 3.45. The molecule has 144 valence electrons. The van der Waals surface area contributed by atoms with Gasteiger partial charge in [0.25, 0.3) is 5.91 Å². The number of nitrogens with one attached hydrogen (secondary N) is 2. The van der Waals surface area contributed by atoms with E-state index in [1.54, 1.807) is 42.5 Å². The first-order valence-electron chi connectivity index (χ1n) is 8.82. The Labute approximate surface area is 166 Å². The van der Waals surface area contributed by atoms with Crippen LogP contribution >= 0.6 is 11.3 Å². The Morgan fingerprint density at radius 3 is 2.54 bits per heavy atom. The van der Waals surface area contributed by atoms with Crippen LogP contribution in [0.25, 0.3) is 0 Å². The minimum Gasteiger partial charge on any atom is -0.467 e. The average Bonchev–Trinajstić information content (AvgIpc) is 3.36. The first-order valence-corrected chi connectivity index (χ1v) is 9.63. The van der Waals surface area contributed by atoms with E-state index in [1.165, 1.54) is 17.6 Å². The lowest BCUT2D eigenvalue weighted by Crippen LogP contribution is -2.24. The number of furan rings is 1. The van der Waals surface area contributed by atoms with Crippen molar-refractivity contribution in [3.05, 3.63) is 75.9 Å². The molecule has 0 unspecified atom stereocenters. The molecule has 2 aromatic heterocycles. The van der Waals surface area contributed by atoms with Gasteiger partial charge in [0.15, 0.2) is 5.78 Å². The predicted molar refractivity (Wildman–Crippen MR) is 108 cm³/mol. The van der Waals surface area contributed by atoms with E-state index in [9.17, 15) is 14.4 Å². The van der Waals surface area contributed by atoms with Crippen LogP contribution in [0.1, 0.15) is 43.5 Å². The number of hydrogen-bond donors (Lipinski definition) is 2. The van der Waals surface area contributed by atoms with E-state index in [4.69, 9.17) is 4.42 Å². The lowest BCUT2D eigenvalue weighted by Gasteiger charge is -2.11. The summed E-state index contributed by atoms with van der Waals surface area (Å²) < 4.78 is 5.19. The Kier molecular flexibility index (Phi) is 6.39. The molecule has 1 aromatic carbocycles. The monoisotopic (exact) mass is 396 g/mol. The summed E-state index contributed by atoms with van der Waals surface area (Å²) in [5, 5.41) is 5.48. The Hall–Kier alpha value is -3.19. The largest absolute Gasteiger partial charge is 0.467 e. The Morgan fingerprint density at radius 2 is 1.82 bits per heavy atom. The molecule has 0 fully saturated rings. The number of aryl methyl sites for hydroxylation is 1. The molecule has 2 N–H and O–H groups in total. The minimum atomic E-state index is -0.322. The molecule has 0 saturated heterocycles. The zero-order valence-corrected chi connectivity index (χ0v) is 16.2. The highest BCUT2D eigenvalue weighted by Gasteiger charge is 2.15. The second kappa shape index (κ2) is 9.14. The molecule has 0 saturated carbocycles. The van der Waals surface area contributed by atoms with Crippen molar-refractivity contribution in [1.82, 2.24) is 5.32 Å². The van der Waals surface area contributed by atoms with Crippen molar-refractivity contribution in [3.8, 4) is 0 Å². The van der Waals surface area contributed by atoms with Gasteiger partial charge in [-0.15, -0.1) is 11.3 Å². The molecule has 2 amide bonds. The lowest BCUT2D eigenvalue weighted by atomic mass is 10.1. The third kappa shape index (κ3) is 5.17. The highest BCUT2D eigenvalue weighted by molar-refractivity contribution is 7.14. The number of thiophene rings is 1. The van der Waals surface area contributed by atoms with E-state index in [0.717, 1.165) is 4.88 Å². The van der Waals surface area contributed by atoms with Gasteiger partial charge in [0.1, 0.15) is 5.76 Å². The fourth-order valence-electron chi connectivity index (χ4n) is 2.61. The van der Waals surface area contributed by atoms with E-state index in [-0.39, 0.29) is 37.0 Å². The van der Waals surface area contributed by atoms with E-state index in [1.807, 2.05) is 13.0 Å². The third-order valence-corrected chi connectivity index (χ3v) is 5.09. The maximum absolute atomic E-state index is 12.4. The number of Topliss-reactive ketones (excluding diaryl/α,β-unsaturated/α-hetero) is 1. The van der Waals surface area contributed by atoms with E-state index in [2.05, 4.69) is 10.6 Å². The molecule has 6 nitrogen and oxygen atoms in total. The molecule has 0 aliphatic rings. The summed E-state index contributed by atoms with van der Waals surface area (Å²) in [5.74, 6) is -0.0553. The fraction of sp³-hybridized carbons (Fsp3) is 0.190. The van der Waals surface area contributed by atoms with Crippen molar-refractivity contribution in [3.63, 3.8) is 0 Å².